The number of carbonyl (C=O) groups is 1. The van der Waals surface area contributed by atoms with Gasteiger partial charge in [0.05, 0.1) is 5.56 Å². The molecular formula is C7H10Cl2N2O2. The van der Waals surface area contributed by atoms with Gasteiger partial charge in [0.2, 0.25) is 0 Å². The lowest BCUT2D eigenvalue weighted by Crippen LogP contribution is -2.02. The van der Waals surface area contributed by atoms with Gasteiger partial charge in [-0.1, -0.05) is 0 Å². The van der Waals surface area contributed by atoms with Gasteiger partial charge in [0.1, 0.15) is 0 Å². The van der Waals surface area contributed by atoms with Gasteiger partial charge in [0.15, 0.2) is 0 Å². The molecule has 0 atom stereocenters. The summed E-state index contributed by atoms with van der Waals surface area (Å²) in [6.07, 6.45) is 2.84. The molecule has 74 valence electrons. The van der Waals surface area contributed by atoms with E-state index in [1.807, 2.05) is 0 Å². The number of pyridine rings is 1. The van der Waals surface area contributed by atoms with Gasteiger partial charge in [-0.2, -0.15) is 0 Å². The molecule has 0 saturated heterocycles. The van der Waals surface area contributed by atoms with Crippen LogP contribution in [0.1, 0.15) is 15.9 Å². The van der Waals surface area contributed by atoms with E-state index in [-0.39, 0.29) is 30.4 Å². The number of rotatable bonds is 2. The Morgan fingerprint density at radius 3 is 2.54 bits per heavy atom. The van der Waals surface area contributed by atoms with E-state index in [2.05, 4.69) is 4.98 Å². The van der Waals surface area contributed by atoms with E-state index < -0.39 is 5.97 Å². The second-order valence-corrected chi connectivity index (χ2v) is 2.09. The number of hydrogen-bond donors (Lipinski definition) is 2. The van der Waals surface area contributed by atoms with Crippen LogP contribution in [0.25, 0.3) is 0 Å². The molecule has 1 aromatic heterocycles. The van der Waals surface area contributed by atoms with E-state index >= 15 is 0 Å². The maximum absolute atomic E-state index is 10.4. The van der Waals surface area contributed by atoms with Crippen LogP contribution in [0.4, 0.5) is 0 Å². The highest BCUT2D eigenvalue weighted by atomic mass is 35.5. The molecule has 0 aliphatic carbocycles. The Kier molecular flexibility index (Phi) is 7.51. The van der Waals surface area contributed by atoms with Crippen LogP contribution >= 0.6 is 24.8 Å². The minimum absolute atomic E-state index is 0. The van der Waals surface area contributed by atoms with Crippen molar-refractivity contribution in [2.45, 2.75) is 6.54 Å². The second kappa shape index (κ2) is 6.65. The molecule has 0 saturated carbocycles. The van der Waals surface area contributed by atoms with Gasteiger partial charge in [-0.05, 0) is 11.6 Å². The van der Waals surface area contributed by atoms with Crippen molar-refractivity contribution in [2.24, 2.45) is 5.73 Å². The van der Waals surface area contributed by atoms with Gasteiger partial charge < -0.3 is 10.8 Å². The Morgan fingerprint density at radius 1 is 1.46 bits per heavy atom. The van der Waals surface area contributed by atoms with Gasteiger partial charge in [-0.15, -0.1) is 24.8 Å². The van der Waals surface area contributed by atoms with E-state index in [9.17, 15) is 4.79 Å². The Labute approximate surface area is 88.0 Å². The Morgan fingerprint density at radius 2 is 2.08 bits per heavy atom. The van der Waals surface area contributed by atoms with Crippen molar-refractivity contribution in [3.63, 3.8) is 0 Å². The highest BCUT2D eigenvalue weighted by Gasteiger charge is 2.02. The fraction of sp³-hybridized carbons (Fsp3) is 0.143. The highest BCUT2D eigenvalue weighted by molar-refractivity contribution is 5.87. The number of halogens is 2. The zero-order chi connectivity index (χ0) is 8.27. The van der Waals surface area contributed by atoms with Gasteiger partial charge in [-0.3, -0.25) is 4.98 Å². The SMILES string of the molecule is Cl.Cl.NCc1cncc(C(=O)O)c1. The average molecular weight is 225 g/mol. The molecule has 0 aromatic carbocycles. The minimum atomic E-state index is -0.979. The lowest BCUT2D eigenvalue weighted by atomic mass is 10.2. The van der Waals surface area contributed by atoms with Crippen LogP contribution in [0.3, 0.4) is 0 Å². The molecule has 0 bridgehead atoms. The summed E-state index contributed by atoms with van der Waals surface area (Å²) in [5.41, 5.74) is 6.19. The van der Waals surface area contributed by atoms with Crippen LogP contribution in [0.5, 0.6) is 0 Å². The fourth-order valence-electron chi connectivity index (χ4n) is 0.716. The van der Waals surface area contributed by atoms with E-state index in [1.165, 1.54) is 12.3 Å². The zero-order valence-electron chi connectivity index (χ0n) is 6.64. The maximum Gasteiger partial charge on any atom is 0.337 e. The summed E-state index contributed by atoms with van der Waals surface area (Å²) in [7, 11) is 0. The second-order valence-electron chi connectivity index (χ2n) is 2.09. The van der Waals surface area contributed by atoms with Gasteiger partial charge in [-0.25, -0.2) is 4.79 Å². The first-order valence-electron chi connectivity index (χ1n) is 3.11. The Bertz CT molecular complexity index is 281. The lowest BCUT2D eigenvalue weighted by Gasteiger charge is -1.96. The molecule has 13 heavy (non-hydrogen) atoms. The molecule has 0 unspecified atom stereocenters. The number of aromatic nitrogens is 1. The highest BCUT2D eigenvalue weighted by Crippen LogP contribution is 2.00. The smallest absolute Gasteiger partial charge is 0.337 e. The van der Waals surface area contributed by atoms with E-state index in [0.717, 1.165) is 5.56 Å². The number of hydrogen-bond acceptors (Lipinski definition) is 3. The van der Waals surface area contributed by atoms with E-state index in [0.29, 0.717) is 6.54 Å². The quantitative estimate of drug-likeness (QED) is 0.789. The molecule has 0 amide bonds. The topological polar surface area (TPSA) is 76.2 Å². The first-order valence-corrected chi connectivity index (χ1v) is 3.11. The molecule has 1 heterocycles. The summed E-state index contributed by atoms with van der Waals surface area (Å²) in [5.74, 6) is -0.979. The number of nitrogens with two attached hydrogens (primary N) is 1. The predicted octanol–water partition coefficient (Wildman–Crippen LogP) is 1.08. The number of nitrogens with zero attached hydrogens (tertiary/aromatic N) is 1. The molecule has 0 aliphatic heterocycles. The minimum Gasteiger partial charge on any atom is -0.478 e. The van der Waals surface area contributed by atoms with Crippen molar-refractivity contribution < 1.29 is 9.90 Å². The van der Waals surface area contributed by atoms with E-state index in [4.69, 9.17) is 10.8 Å². The van der Waals surface area contributed by atoms with Gasteiger partial charge >= 0.3 is 5.97 Å². The normalized spacial score (nSPS) is 8.08. The summed E-state index contributed by atoms with van der Waals surface area (Å²) in [5, 5.41) is 8.52. The molecule has 0 aliphatic rings. The molecule has 0 radical (unpaired) electrons. The lowest BCUT2D eigenvalue weighted by molar-refractivity contribution is 0.0696. The van der Waals surface area contributed by atoms with Crippen LogP contribution in [0.15, 0.2) is 18.5 Å². The average Bonchev–Trinajstić information content (AvgIpc) is 2.05. The summed E-state index contributed by atoms with van der Waals surface area (Å²) in [6, 6.07) is 1.51. The molecule has 1 aromatic rings. The molecular weight excluding hydrogens is 215 g/mol. The fourth-order valence-corrected chi connectivity index (χ4v) is 0.716. The molecule has 0 fully saturated rings. The first kappa shape index (κ1) is 14.7. The Hall–Kier alpha value is -0.840. The largest absolute Gasteiger partial charge is 0.478 e. The van der Waals surface area contributed by atoms with Crippen LogP contribution < -0.4 is 5.73 Å². The van der Waals surface area contributed by atoms with Crippen LogP contribution in [0, 0.1) is 0 Å². The van der Waals surface area contributed by atoms with Crippen molar-refractivity contribution in [1.29, 1.82) is 0 Å². The standard InChI is InChI=1S/C7H8N2O2.2ClH/c8-2-5-1-6(7(10)11)4-9-3-5;;/h1,3-4H,2,8H2,(H,10,11);2*1H. The van der Waals surface area contributed by atoms with Crippen molar-refractivity contribution in [3.8, 4) is 0 Å². The summed E-state index contributed by atoms with van der Waals surface area (Å²) < 4.78 is 0. The van der Waals surface area contributed by atoms with Crippen LogP contribution in [0.2, 0.25) is 0 Å². The third kappa shape index (κ3) is 4.07. The van der Waals surface area contributed by atoms with Crippen molar-refractivity contribution in [2.75, 3.05) is 0 Å². The summed E-state index contributed by atoms with van der Waals surface area (Å²) in [4.78, 5) is 14.1. The third-order valence-corrected chi connectivity index (χ3v) is 1.28. The van der Waals surface area contributed by atoms with Crippen LogP contribution in [-0.4, -0.2) is 16.1 Å². The van der Waals surface area contributed by atoms with Crippen molar-refractivity contribution in [1.82, 2.24) is 4.98 Å². The Balaban J connectivity index is 0. The first-order chi connectivity index (χ1) is 5.24. The molecule has 6 heteroatoms. The van der Waals surface area contributed by atoms with Gasteiger partial charge in [0.25, 0.3) is 0 Å². The molecule has 1 rings (SSSR count). The van der Waals surface area contributed by atoms with E-state index in [1.54, 1.807) is 6.20 Å². The van der Waals surface area contributed by atoms with Crippen molar-refractivity contribution in [3.05, 3.63) is 29.6 Å². The number of aromatic carboxylic acids is 1. The maximum atomic E-state index is 10.4. The third-order valence-electron chi connectivity index (χ3n) is 1.28. The summed E-state index contributed by atoms with van der Waals surface area (Å²) >= 11 is 0. The molecule has 3 N–H and O–H groups in total. The number of carboxylic acids is 1. The number of carboxylic acid groups (broad SMARTS) is 1. The zero-order valence-corrected chi connectivity index (χ0v) is 8.27. The summed E-state index contributed by atoms with van der Waals surface area (Å²) in [6.45, 7) is 0.314. The van der Waals surface area contributed by atoms with Crippen LogP contribution in [-0.2, 0) is 6.54 Å². The van der Waals surface area contributed by atoms with Gasteiger partial charge in [0, 0.05) is 18.9 Å². The molecule has 4 nitrogen and oxygen atoms in total. The monoisotopic (exact) mass is 224 g/mol. The van der Waals surface area contributed by atoms with Crippen molar-refractivity contribution >= 4 is 30.8 Å². The predicted molar refractivity (Wildman–Crippen MR) is 53.6 cm³/mol. The molecule has 0 spiro atoms.